The predicted molar refractivity (Wildman–Crippen MR) is 99.6 cm³/mol. The summed E-state index contributed by atoms with van der Waals surface area (Å²) < 4.78 is 0. The van der Waals surface area contributed by atoms with Crippen LogP contribution in [-0.4, -0.2) is 4.98 Å². The SMILES string of the molecule is Nc1ncc(-c2ccc(Cl)cc2Cl)cc1-c1ccc(Cl)cc1Cl. The highest BCUT2D eigenvalue weighted by Crippen LogP contribution is 2.37. The van der Waals surface area contributed by atoms with Crippen molar-refractivity contribution in [2.75, 3.05) is 5.73 Å². The summed E-state index contributed by atoms with van der Waals surface area (Å²) in [7, 11) is 0. The maximum absolute atomic E-state index is 6.28. The van der Waals surface area contributed by atoms with Crippen LogP contribution in [0.1, 0.15) is 0 Å². The zero-order valence-corrected chi connectivity index (χ0v) is 14.7. The third-order valence-electron chi connectivity index (χ3n) is 3.38. The average molecular weight is 384 g/mol. The first-order valence-electron chi connectivity index (χ1n) is 6.62. The lowest BCUT2D eigenvalue weighted by atomic mass is 10.0. The van der Waals surface area contributed by atoms with Gasteiger partial charge in [-0.05, 0) is 30.3 Å². The molecule has 1 heterocycles. The van der Waals surface area contributed by atoms with Gasteiger partial charge in [0.25, 0.3) is 0 Å². The Labute approximate surface area is 153 Å². The highest BCUT2D eigenvalue weighted by molar-refractivity contribution is 6.37. The number of nitrogen functional groups attached to an aromatic ring is 1. The minimum Gasteiger partial charge on any atom is -0.383 e. The van der Waals surface area contributed by atoms with Gasteiger partial charge in [0, 0.05) is 43.5 Å². The number of hydrogen-bond acceptors (Lipinski definition) is 2. The minimum absolute atomic E-state index is 0.378. The second-order valence-electron chi connectivity index (χ2n) is 4.91. The minimum atomic E-state index is 0.378. The zero-order chi connectivity index (χ0) is 16.6. The molecule has 23 heavy (non-hydrogen) atoms. The highest BCUT2D eigenvalue weighted by Gasteiger charge is 2.12. The molecule has 0 amide bonds. The molecule has 0 radical (unpaired) electrons. The molecule has 0 aliphatic rings. The molecule has 116 valence electrons. The lowest BCUT2D eigenvalue weighted by Crippen LogP contribution is -1.95. The smallest absolute Gasteiger partial charge is 0.131 e. The Balaban J connectivity index is 2.16. The first kappa shape index (κ1) is 16.4. The van der Waals surface area contributed by atoms with Crippen molar-refractivity contribution < 1.29 is 0 Å². The summed E-state index contributed by atoms with van der Waals surface area (Å²) in [6, 6.07) is 12.4. The van der Waals surface area contributed by atoms with Crippen molar-refractivity contribution in [1.29, 1.82) is 0 Å². The van der Waals surface area contributed by atoms with Crippen LogP contribution in [0.15, 0.2) is 48.7 Å². The van der Waals surface area contributed by atoms with Crippen molar-refractivity contribution in [3.05, 3.63) is 68.8 Å². The van der Waals surface area contributed by atoms with E-state index in [1.807, 2.05) is 18.2 Å². The molecule has 0 saturated carbocycles. The van der Waals surface area contributed by atoms with Gasteiger partial charge in [0.1, 0.15) is 5.82 Å². The summed E-state index contributed by atoms with van der Waals surface area (Å²) in [4.78, 5) is 4.25. The average Bonchev–Trinajstić information content (AvgIpc) is 2.49. The van der Waals surface area contributed by atoms with E-state index in [-0.39, 0.29) is 0 Å². The van der Waals surface area contributed by atoms with E-state index in [1.165, 1.54) is 0 Å². The van der Waals surface area contributed by atoms with E-state index < -0.39 is 0 Å². The van der Waals surface area contributed by atoms with Crippen molar-refractivity contribution in [3.63, 3.8) is 0 Å². The summed E-state index contributed by atoms with van der Waals surface area (Å²) in [6.07, 6.45) is 1.66. The summed E-state index contributed by atoms with van der Waals surface area (Å²) in [5.74, 6) is 0.378. The van der Waals surface area contributed by atoms with Gasteiger partial charge >= 0.3 is 0 Å². The Morgan fingerprint density at radius 2 is 1.26 bits per heavy atom. The Kier molecular flexibility index (Phi) is 4.69. The Morgan fingerprint density at radius 3 is 1.83 bits per heavy atom. The second-order valence-corrected chi connectivity index (χ2v) is 6.59. The third-order valence-corrected chi connectivity index (χ3v) is 4.48. The molecule has 0 saturated heterocycles. The van der Waals surface area contributed by atoms with Gasteiger partial charge < -0.3 is 5.73 Å². The summed E-state index contributed by atoms with van der Waals surface area (Å²) in [5, 5.41) is 2.17. The number of hydrogen-bond donors (Lipinski definition) is 1. The zero-order valence-electron chi connectivity index (χ0n) is 11.7. The molecule has 0 aliphatic carbocycles. The molecule has 0 spiro atoms. The van der Waals surface area contributed by atoms with Gasteiger partial charge in [-0.1, -0.05) is 58.5 Å². The molecule has 1 aromatic heterocycles. The molecule has 0 bridgehead atoms. The molecular weight excluding hydrogens is 374 g/mol. The molecule has 0 aliphatic heterocycles. The monoisotopic (exact) mass is 382 g/mol. The first-order valence-corrected chi connectivity index (χ1v) is 8.13. The summed E-state index contributed by atoms with van der Waals surface area (Å²) in [6.45, 7) is 0. The second kappa shape index (κ2) is 6.58. The number of anilines is 1. The van der Waals surface area contributed by atoms with Crippen LogP contribution in [-0.2, 0) is 0 Å². The van der Waals surface area contributed by atoms with E-state index in [0.29, 0.717) is 25.9 Å². The molecule has 0 fully saturated rings. The van der Waals surface area contributed by atoms with E-state index in [4.69, 9.17) is 52.1 Å². The fourth-order valence-corrected chi connectivity index (χ4v) is 3.30. The molecule has 0 atom stereocenters. The maximum Gasteiger partial charge on any atom is 0.131 e. The predicted octanol–water partition coefficient (Wildman–Crippen LogP) is 6.61. The Morgan fingerprint density at radius 1 is 0.696 bits per heavy atom. The summed E-state index contributed by atoms with van der Waals surface area (Å²) in [5.41, 5.74) is 9.12. The van der Waals surface area contributed by atoms with Crippen LogP contribution in [0.4, 0.5) is 5.82 Å². The molecule has 0 unspecified atom stereocenters. The number of nitrogens with zero attached hydrogens (tertiary/aromatic N) is 1. The van der Waals surface area contributed by atoms with E-state index in [2.05, 4.69) is 4.98 Å². The lowest BCUT2D eigenvalue weighted by Gasteiger charge is -2.11. The number of halogens is 4. The molecule has 2 aromatic carbocycles. The largest absolute Gasteiger partial charge is 0.383 e. The van der Waals surface area contributed by atoms with Gasteiger partial charge in [-0.25, -0.2) is 4.98 Å². The fourth-order valence-electron chi connectivity index (χ4n) is 2.27. The standard InChI is InChI=1S/C17H10Cl4N2/c18-10-1-3-12(15(20)6-10)9-5-14(17(22)23-8-9)13-4-2-11(19)7-16(13)21/h1-8H,(H2,22,23). The normalized spacial score (nSPS) is 10.8. The van der Waals surface area contributed by atoms with Crippen molar-refractivity contribution in [3.8, 4) is 22.3 Å². The molecule has 3 rings (SSSR count). The van der Waals surface area contributed by atoms with Crippen molar-refractivity contribution in [2.45, 2.75) is 0 Å². The molecule has 6 heteroatoms. The number of rotatable bonds is 2. The highest BCUT2D eigenvalue weighted by atomic mass is 35.5. The number of aromatic nitrogens is 1. The Hall–Kier alpha value is -1.45. The van der Waals surface area contributed by atoms with Crippen LogP contribution < -0.4 is 5.73 Å². The van der Waals surface area contributed by atoms with Crippen molar-refractivity contribution >= 4 is 52.2 Å². The van der Waals surface area contributed by atoms with Crippen LogP contribution in [0.2, 0.25) is 20.1 Å². The molecule has 2 nitrogen and oxygen atoms in total. The van der Waals surface area contributed by atoms with Crippen LogP contribution in [0.3, 0.4) is 0 Å². The van der Waals surface area contributed by atoms with E-state index >= 15 is 0 Å². The van der Waals surface area contributed by atoms with E-state index in [9.17, 15) is 0 Å². The molecule has 2 N–H and O–H groups in total. The van der Waals surface area contributed by atoms with Gasteiger partial charge in [-0.3, -0.25) is 0 Å². The molecule has 3 aromatic rings. The Bertz CT molecular complexity index is 894. The third kappa shape index (κ3) is 3.41. The fraction of sp³-hybridized carbons (Fsp3) is 0. The maximum atomic E-state index is 6.28. The van der Waals surface area contributed by atoms with Crippen LogP contribution in [0.5, 0.6) is 0 Å². The van der Waals surface area contributed by atoms with Gasteiger partial charge in [-0.15, -0.1) is 0 Å². The van der Waals surface area contributed by atoms with Crippen molar-refractivity contribution in [2.24, 2.45) is 0 Å². The van der Waals surface area contributed by atoms with Crippen LogP contribution in [0, 0.1) is 0 Å². The lowest BCUT2D eigenvalue weighted by molar-refractivity contribution is 1.33. The van der Waals surface area contributed by atoms with Crippen LogP contribution >= 0.6 is 46.4 Å². The first-order chi connectivity index (χ1) is 11.0. The quantitative estimate of drug-likeness (QED) is 0.540. The summed E-state index contributed by atoms with van der Waals surface area (Å²) >= 11 is 24.4. The topological polar surface area (TPSA) is 38.9 Å². The van der Waals surface area contributed by atoms with Gasteiger partial charge in [0.2, 0.25) is 0 Å². The van der Waals surface area contributed by atoms with E-state index in [1.54, 1.807) is 30.5 Å². The van der Waals surface area contributed by atoms with Crippen LogP contribution in [0.25, 0.3) is 22.3 Å². The number of pyridine rings is 1. The van der Waals surface area contributed by atoms with Gasteiger partial charge in [0.15, 0.2) is 0 Å². The van der Waals surface area contributed by atoms with E-state index in [0.717, 1.165) is 22.3 Å². The van der Waals surface area contributed by atoms with Gasteiger partial charge in [-0.2, -0.15) is 0 Å². The van der Waals surface area contributed by atoms with Gasteiger partial charge in [0.05, 0.1) is 5.02 Å². The number of nitrogens with two attached hydrogens (primary N) is 1. The molecular formula is C17H10Cl4N2. The number of benzene rings is 2. The van der Waals surface area contributed by atoms with Crippen molar-refractivity contribution in [1.82, 2.24) is 4.98 Å².